The number of amides is 1. The predicted octanol–water partition coefficient (Wildman–Crippen LogP) is 3.22. The third kappa shape index (κ3) is 1.76. The molecule has 0 saturated carbocycles. The number of carbonyl (C=O) groups excluding carboxylic acids is 1. The van der Waals surface area contributed by atoms with Crippen LogP contribution in [0.5, 0.6) is 0 Å². The maximum absolute atomic E-state index is 11.8. The Morgan fingerprint density at radius 3 is 2.93 bits per heavy atom. The number of nitrogens with one attached hydrogen (secondary N) is 1. The van der Waals surface area contributed by atoms with Crippen molar-refractivity contribution >= 4 is 11.6 Å². The molecule has 1 aliphatic heterocycles. The average molecular weight is 203 g/mol. The summed E-state index contributed by atoms with van der Waals surface area (Å²) >= 11 is 0. The molecule has 1 unspecified atom stereocenters. The Hall–Kier alpha value is -1.31. The maximum atomic E-state index is 11.8. The Balaban J connectivity index is 2.29. The second-order valence-electron chi connectivity index (χ2n) is 4.22. The minimum absolute atomic E-state index is 0.0832. The number of anilines is 1. The van der Waals surface area contributed by atoms with Gasteiger partial charge in [0.25, 0.3) is 0 Å². The largest absolute Gasteiger partial charge is 0.325 e. The summed E-state index contributed by atoms with van der Waals surface area (Å²) in [5.41, 5.74) is 3.40. The predicted molar refractivity (Wildman–Crippen MR) is 62.1 cm³/mol. The van der Waals surface area contributed by atoms with Gasteiger partial charge in [-0.25, -0.2) is 0 Å². The fourth-order valence-electron chi connectivity index (χ4n) is 2.20. The summed E-state index contributed by atoms with van der Waals surface area (Å²) in [5.74, 6) is 0.257. The molecule has 1 N–H and O–H groups in total. The van der Waals surface area contributed by atoms with Crippen molar-refractivity contribution < 1.29 is 4.79 Å². The van der Waals surface area contributed by atoms with Crippen LogP contribution in [-0.4, -0.2) is 5.91 Å². The first-order valence-corrected chi connectivity index (χ1v) is 5.64. The molecule has 1 aliphatic rings. The minimum Gasteiger partial charge on any atom is -0.325 e. The number of carbonyl (C=O) groups is 1. The Morgan fingerprint density at radius 1 is 1.40 bits per heavy atom. The van der Waals surface area contributed by atoms with E-state index in [2.05, 4.69) is 18.3 Å². The summed E-state index contributed by atoms with van der Waals surface area (Å²) in [5, 5.41) is 2.99. The van der Waals surface area contributed by atoms with Gasteiger partial charge in [-0.15, -0.1) is 0 Å². The zero-order chi connectivity index (χ0) is 10.8. The highest BCUT2D eigenvalue weighted by Gasteiger charge is 2.30. The monoisotopic (exact) mass is 203 g/mol. The van der Waals surface area contributed by atoms with Crippen LogP contribution in [0.4, 0.5) is 5.69 Å². The van der Waals surface area contributed by atoms with Crippen molar-refractivity contribution in [1.82, 2.24) is 0 Å². The van der Waals surface area contributed by atoms with Crippen molar-refractivity contribution in [3.8, 4) is 0 Å². The molecule has 0 aromatic heterocycles. The fraction of sp³-hybridized carbons (Fsp3) is 0.462. The van der Waals surface area contributed by atoms with Crippen molar-refractivity contribution in [1.29, 1.82) is 0 Å². The number of aryl methyl sites for hydroxylation is 1. The molecule has 0 fully saturated rings. The molecule has 2 nitrogen and oxygen atoms in total. The van der Waals surface area contributed by atoms with Crippen LogP contribution >= 0.6 is 0 Å². The second-order valence-corrected chi connectivity index (χ2v) is 4.22. The Kier molecular flexibility index (Phi) is 2.76. The SMILES string of the molecule is CCCCC1C(=O)Nc2c(C)cccc21. The molecule has 2 heteroatoms. The highest BCUT2D eigenvalue weighted by Crippen LogP contribution is 2.37. The van der Waals surface area contributed by atoms with Gasteiger partial charge in [-0.3, -0.25) is 4.79 Å². The molecule has 80 valence electrons. The van der Waals surface area contributed by atoms with E-state index in [0.29, 0.717) is 0 Å². The molecule has 2 rings (SSSR count). The average Bonchev–Trinajstić information content (AvgIpc) is 2.54. The molecule has 1 aromatic rings. The molecule has 0 aliphatic carbocycles. The number of hydrogen-bond donors (Lipinski definition) is 1. The molecular formula is C13H17NO. The van der Waals surface area contributed by atoms with E-state index >= 15 is 0 Å². The van der Waals surface area contributed by atoms with Gasteiger partial charge in [0.05, 0.1) is 5.92 Å². The standard InChI is InChI=1S/C13H17NO/c1-3-4-7-11-10-8-5-6-9(2)12(10)14-13(11)15/h5-6,8,11H,3-4,7H2,1-2H3,(H,14,15). The number of unbranched alkanes of at least 4 members (excludes halogenated alkanes) is 1. The first-order chi connectivity index (χ1) is 7.24. The Morgan fingerprint density at radius 2 is 2.20 bits per heavy atom. The van der Waals surface area contributed by atoms with Gasteiger partial charge in [-0.1, -0.05) is 38.0 Å². The molecule has 0 saturated heterocycles. The lowest BCUT2D eigenvalue weighted by Crippen LogP contribution is -2.11. The summed E-state index contributed by atoms with van der Waals surface area (Å²) < 4.78 is 0. The van der Waals surface area contributed by atoms with Crippen molar-refractivity contribution in [2.24, 2.45) is 0 Å². The minimum atomic E-state index is 0.0832. The molecule has 1 aromatic carbocycles. The van der Waals surface area contributed by atoms with E-state index in [4.69, 9.17) is 0 Å². The highest BCUT2D eigenvalue weighted by molar-refractivity contribution is 6.03. The van der Waals surface area contributed by atoms with Crippen molar-refractivity contribution in [3.63, 3.8) is 0 Å². The molecule has 15 heavy (non-hydrogen) atoms. The molecule has 0 spiro atoms. The first-order valence-electron chi connectivity index (χ1n) is 5.64. The van der Waals surface area contributed by atoms with Gasteiger partial charge in [0.15, 0.2) is 0 Å². The lowest BCUT2D eigenvalue weighted by atomic mass is 9.94. The topological polar surface area (TPSA) is 29.1 Å². The number of fused-ring (bicyclic) bond motifs is 1. The molecule has 0 bridgehead atoms. The van der Waals surface area contributed by atoms with Crippen LogP contribution in [0.25, 0.3) is 0 Å². The Bertz CT molecular complexity index is 384. The molecule has 1 atom stereocenters. The lowest BCUT2D eigenvalue weighted by molar-refractivity contribution is -0.117. The van der Waals surface area contributed by atoms with E-state index in [0.717, 1.165) is 24.9 Å². The lowest BCUT2D eigenvalue weighted by Gasteiger charge is -2.07. The smallest absolute Gasteiger partial charge is 0.232 e. The van der Waals surface area contributed by atoms with Gasteiger partial charge < -0.3 is 5.32 Å². The molecule has 1 amide bonds. The van der Waals surface area contributed by atoms with Crippen molar-refractivity contribution in [2.45, 2.75) is 39.0 Å². The summed E-state index contributed by atoms with van der Waals surface area (Å²) in [6.07, 6.45) is 3.23. The summed E-state index contributed by atoms with van der Waals surface area (Å²) in [6.45, 7) is 4.20. The second kappa shape index (κ2) is 4.05. The van der Waals surface area contributed by atoms with Crippen LogP contribution in [0.15, 0.2) is 18.2 Å². The van der Waals surface area contributed by atoms with Crippen LogP contribution < -0.4 is 5.32 Å². The van der Waals surface area contributed by atoms with E-state index in [1.54, 1.807) is 0 Å². The van der Waals surface area contributed by atoms with E-state index in [1.807, 2.05) is 19.1 Å². The van der Waals surface area contributed by atoms with Crippen LogP contribution in [0, 0.1) is 6.92 Å². The van der Waals surface area contributed by atoms with Crippen molar-refractivity contribution in [2.75, 3.05) is 5.32 Å². The third-order valence-electron chi connectivity index (χ3n) is 3.09. The van der Waals surface area contributed by atoms with Gasteiger partial charge >= 0.3 is 0 Å². The molecule has 0 radical (unpaired) electrons. The summed E-state index contributed by atoms with van der Waals surface area (Å²) in [4.78, 5) is 11.8. The van der Waals surface area contributed by atoms with Crippen LogP contribution in [-0.2, 0) is 4.79 Å². The molecular weight excluding hydrogens is 186 g/mol. The van der Waals surface area contributed by atoms with Gasteiger partial charge in [0.1, 0.15) is 0 Å². The summed E-state index contributed by atoms with van der Waals surface area (Å²) in [6, 6.07) is 6.15. The van der Waals surface area contributed by atoms with E-state index in [9.17, 15) is 4.79 Å². The van der Waals surface area contributed by atoms with Gasteiger partial charge in [0.2, 0.25) is 5.91 Å². The van der Waals surface area contributed by atoms with Gasteiger partial charge in [0, 0.05) is 5.69 Å². The normalized spacial score (nSPS) is 18.8. The Labute approximate surface area is 90.7 Å². The highest BCUT2D eigenvalue weighted by atomic mass is 16.2. The van der Waals surface area contributed by atoms with E-state index in [-0.39, 0.29) is 11.8 Å². The van der Waals surface area contributed by atoms with E-state index < -0.39 is 0 Å². The van der Waals surface area contributed by atoms with Crippen LogP contribution in [0.2, 0.25) is 0 Å². The number of para-hydroxylation sites is 1. The van der Waals surface area contributed by atoms with Gasteiger partial charge in [-0.2, -0.15) is 0 Å². The zero-order valence-corrected chi connectivity index (χ0v) is 9.34. The van der Waals surface area contributed by atoms with Gasteiger partial charge in [-0.05, 0) is 24.5 Å². The van der Waals surface area contributed by atoms with Crippen LogP contribution in [0.3, 0.4) is 0 Å². The maximum Gasteiger partial charge on any atom is 0.232 e. The fourth-order valence-corrected chi connectivity index (χ4v) is 2.20. The van der Waals surface area contributed by atoms with E-state index in [1.165, 1.54) is 11.1 Å². The molecule has 1 heterocycles. The van der Waals surface area contributed by atoms with Crippen molar-refractivity contribution in [3.05, 3.63) is 29.3 Å². The number of rotatable bonds is 3. The van der Waals surface area contributed by atoms with Crippen LogP contribution in [0.1, 0.15) is 43.2 Å². The number of hydrogen-bond acceptors (Lipinski definition) is 1. The zero-order valence-electron chi connectivity index (χ0n) is 9.34. The summed E-state index contributed by atoms with van der Waals surface area (Å²) in [7, 11) is 0. The number of benzene rings is 1. The first kappa shape index (κ1) is 10.2. The quantitative estimate of drug-likeness (QED) is 0.803. The third-order valence-corrected chi connectivity index (χ3v) is 3.09.